The molecule has 6 nitrogen and oxygen atoms in total. The van der Waals surface area contributed by atoms with E-state index in [1.54, 1.807) is 18.3 Å². The fourth-order valence-corrected chi connectivity index (χ4v) is 6.17. The molecule has 2 N–H and O–H groups in total. The van der Waals surface area contributed by atoms with Gasteiger partial charge in [-0.3, -0.25) is 14.9 Å². The van der Waals surface area contributed by atoms with Crippen molar-refractivity contribution in [3.8, 4) is 11.3 Å². The van der Waals surface area contributed by atoms with Crippen molar-refractivity contribution in [1.82, 2.24) is 25.4 Å². The fourth-order valence-electron chi connectivity index (χ4n) is 6.17. The first-order valence-corrected chi connectivity index (χ1v) is 14.7. The predicted octanol–water partition coefficient (Wildman–Crippen LogP) is 6.96. The van der Waals surface area contributed by atoms with Crippen LogP contribution >= 0.6 is 0 Å². The summed E-state index contributed by atoms with van der Waals surface area (Å²) in [6.07, 6.45) is 7.58. The number of amides is 1. The maximum absolute atomic E-state index is 14.5. The first-order chi connectivity index (χ1) is 19.9. The summed E-state index contributed by atoms with van der Waals surface area (Å²) in [5.74, 6) is -0.0768. The van der Waals surface area contributed by atoms with E-state index in [0.717, 1.165) is 41.7 Å². The van der Waals surface area contributed by atoms with Crippen molar-refractivity contribution in [1.29, 1.82) is 0 Å². The number of fused-ring (bicyclic) bond motifs is 1. The Balaban J connectivity index is 0.00000405. The Morgan fingerprint density at radius 3 is 2.57 bits per heavy atom. The maximum Gasteiger partial charge on any atom is 2.00 e. The number of nitrogens with zero attached hydrogens (tertiary/aromatic N) is 3. The normalized spacial score (nSPS) is 17.8. The first kappa shape index (κ1) is 32.4. The zero-order valence-corrected chi connectivity index (χ0v) is 28.7. The Hall–Kier alpha value is -2.53. The number of benzene rings is 2. The average molecular weight is 792 g/mol. The minimum Gasteiger partial charge on any atom is -0.360 e. The van der Waals surface area contributed by atoms with E-state index in [1.807, 2.05) is 26.0 Å². The second kappa shape index (κ2) is 14.8. The van der Waals surface area contributed by atoms with Crippen molar-refractivity contribution >= 4 is 16.8 Å². The molecule has 2 unspecified atom stereocenters. The van der Waals surface area contributed by atoms with Gasteiger partial charge in [-0.15, -0.1) is 13.1 Å². The second-order valence-corrected chi connectivity index (χ2v) is 11.5. The van der Waals surface area contributed by atoms with Crippen molar-refractivity contribution in [3.05, 3.63) is 97.3 Å². The largest absolute Gasteiger partial charge is 2.00 e. The van der Waals surface area contributed by atoms with Gasteiger partial charge in [0, 0.05) is 28.8 Å². The van der Waals surface area contributed by atoms with E-state index in [1.165, 1.54) is 37.3 Å². The molecule has 4 aromatic rings. The maximum atomic E-state index is 14.5. The number of H-pyrrole nitrogens is 1. The molecule has 0 saturated heterocycles. The van der Waals surface area contributed by atoms with Gasteiger partial charge in [-0.2, -0.15) is 5.10 Å². The number of pyridine rings is 1. The number of rotatable bonds is 10. The monoisotopic (exact) mass is 791 g/mol. The molecule has 5 rings (SSSR count). The van der Waals surface area contributed by atoms with Gasteiger partial charge in [0.15, 0.2) is 0 Å². The van der Waals surface area contributed by atoms with Crippen LogP contribution in [0.25, 0.3) is 22.2 Å². The topological polar surface area (TPSA) is 73.9 Å². The molecule has 2 heterocycles. The molecule has 2 aromatic heterocycles. The predicted molar refractivity (Wildman–Crippen MR) is 163 cm³/mol. The molecule has 1 aliphatic carbocycles. The fraction of sp³-hybridized carbons (Fsp3) is 0.382. The summed E-state index contributed by atoms with van der Waals surface area (Å²) in [5.41, 5.74) is 4.71. The van der Waals surface area contributed by atoms with Crippen LogP contribution in [0.4, 0.5) is 4.39 Å². The van der Waals surface area contributed by atoms with Gasteiger partial charge < -0.3 is 24.1 Å². The van der Waals surface area contributed by atoms with Crippen molar-refractivity contribution in [2.45, 2.75) is 58.0 Å². The van der Waals surface area contributed by atoms with E-state index in [-0.39, 0.29) is 48.6 Å². The molecular weight excluding hydrogens is 751 g/mol. The van der Waals surface area contributed by atoms with Gasteiger partial charge in [-0.25, -0.2) is 4.39 Å². The minimum absolute atomic E-state index is 0. The van der Waals surface area contributed by atoms with Crippen LogP contribution in [0.15, 0.2) is 60.8 Å². The molecule has 0 spiro atoms. The van der Waals surface area contributed by atoms with Crippen LogP contribution in [-0.4, -0.2) is 45.1 Å². The zero-order valence-electron chi connectivity index (χ0n) is 24.6. The van der Waals surface area contributed by atoms with Gasteiger partial charge in [0.05, 0.1) is 22.9 Å². The number of nitrogens with one attached hydrogen (secondary N) is 2. The van der Waals surface area contributed by atoms with Crippen LogP contribution in [0, 0.1) is 62.6 Å². The quantitative estimate of drug-likeness (QED) is 0.171. The van der Waals surface area contributed by atoms with E-state index >= 15 is 0 Å². The third-order valence-corrected chi connectivity index (χ3v) is 8.46. The molecule has 1 amide bonds. The van der Waals surface area contributed by atoms with Gasteiger partial charge >= 0.3 is 31.1 Å². The number of carbonyl (C=O) groups excluding carboxylic acids is 1. The van der Waals surface area contributed by atoms with Crippen molar-refractivity contribution in [2.75, 3.05) is 13.1 Å². The van der Waals surface area contributed by atoms with Crippen LogP contribution in [0.2, 0.25) is 0 Å². The summed E-state index contributed by atoms with van der Waals surface area (Å²) < 4.78 is 14.5. The summed E-state index contributed by atoms with van der Waals surface area (Å²) in [6, 6.07) is 17.1. The number of carbonyl (C=O) groups is 1. The first-order valence-electron chi connectivity index (χ1n) is 14.7. The van der Waals surface area contributed by atoms with Gasteiger partial charge in [-0.1, -0.05) is 51.0 Å². The van der Waals surface area contributed by atoms with Crippen molar-refractivity contribution in [3.63, 3.8) is 0 Å². The summed E-state index contributed by atoms with van der Waals surface area (Å²) in [5, 5.41) is 11.5. The molecule has 1 saturated carbocycles. The van der Waals surface area contributed by atoms with Gasteiger partial charge in [-0.05, 0) is 67.0 Å². The summed E-state index contributed by atoms with van der Waals surface area (Å²) >= 11 is 0. The van der Waals surface area contributed by atoms with E-state index in [2.05, 4.69) is 63.5 Å². The van der Waals surface area contributed by atoms with Crippen LogP contribution in [0.3, 0.4) is 0 Å². The zero-order chi connectivity index (χ0) is 28.9. The molecule has 218 valence electrons. The minimum atomic E-state index is -0.546. The molecule has 2 aromatic carbocycles. The molecule has 3 atom stereocenters. The molecule has 1 fully saturated rings. The Morgan fingerprint density at radius 2 is 1.88 bits per heavy atom. The van der Waals surface area contributed by atoms with Crippen LogP contribution in [0.5, 0.6) is 0 Å². The summed E-state index contributed by atoms with van der Waals surface area (Å²) in [6.45, 7) is 13.7. The van der Waals surface area contributed by atoms with Crippen LogP contribution in [0.1, 0.15) is 67.2 Å². The Labute approximate surface area is 272 Å². The number of halogens is 1. The van der Waals surface area contributed by atoms with E-state index in [4.69, 9.17) is 0 Å². The SMILES string of the molecule is [CH2-]CN(C[CH2-])C1CCCC(Cc2ccc(-c3n[nH]c4ccc(C(=O)N[C@H](c5ncccc5F)C(C)C)cc34)cc2)C1.[U+2]. The molecular formula is C34H40FN5OU. The molecule has 1 aliphatic rings. The van der Waals surface area contributed by atoms with Gasteiger partial charge in [0.2, 0.25) is 0 Å². The smallest absolute Gasteiger partial charge is 0.360 e. The van der Waals surface area contributed by atoms with Crippen LogP contribution < -0.4 is 5.32 Å². The molecule has 42 heavy (non-hydrogen) atoms. The third-order valence-electron chi connectivity index (χ3n) is 8.46. The van der Waals surface area contributed by atoms with E-state index in [9.17, 15) is 9.18 Å². The standard InChI is InChI=1S/C34H40FN5O.U/c1-5-40(6-2)27-10-7-9-24(20-27)19-23-12-14-25(15-13-23)32-28-21-26(16-17-30(28)38-39-32)34(41)37-31(22(3)4)33-29(35)11-8-18-36-33;/h8,11-18,21-22,24,27,31H,1-2,5-7,9-10,19-20H2,3-4H3,(H,37,41)(H,38,39);/q-2;+2/t24?,27?,31-;/m0./s1. The van der Waals surface area contributed by atoms with Crippen molar-refractivity contribution in [2.24, 2.45) is 11.8 Å². The Morgan fingerprint density at radius 1 is 1.12 bits per heavy atom. The third kappa shape index (κ3) is 7.33. The van der Waals surface area contributed by atoms with Gasteiger partial charge in [0.1, 0.15) is 5.82 Å². The molecule has 0 bridgehead atoms. The molecule has 0 radical (unpaired) electrons. The second-order valence-electron chi connectivity index (χ2n) is 11.5. The number of hydrogen-bond donors (Lipinski definition) is 2. The Kier molecular flexibility index (Phi) is 11.4. The number of hydrogen-bond acceptors (Lipinski definition) is 4. The summed E-state index contributed by atoms with van der Waals surface area (Å²) in [7, 11) is 0. The van der Waals surface area contributed by atoms with E-state index in [0.29, 0.717) is 17.5 Å². The summed E-state index contributed by atoms with van der Waals surface area (Å²) in [4.78, 5) is 19.9. The molecule has 8 heteroatoms. The number of aromatic amines is 1. The van der Waals surface area contributed by atoms with Crippen molar-refractivity contribution < 1.29 is 40.3 Å². The average Bonchev–Trinajstić information content (AvgIpc) is 3.41. The van der Waals surface area contributed by atoms with Gasteiger partial charge in [0.25, 0.3) is 5.91 Å². The number of aromatic nitrogens is 3. The molecule has 0 aliphatic heterocycles. The van der Waals surface area contributed by atoms with Crippen LogP contribution in [-0.2, 0) is 6.42 Å². The van der Waals surface area contributed by atoms with E-state index < -0.39 is 11.9 Å². The Bertz CT molecular complexity index is 1470.